The van der Waals surface area contributed by atoms with E-state index >= 15 is 0 Å². The minimum Gasteiger partial charge on any atom is -0.351 e. The molecule has 0 fully saturated rings. The smallest absolute Gasteiger partial charge is 0.241 e. The Labute approximate surface area is 142 Å². The molecule has 24 heavy (non-hydrogen) atoms. The maximum absolute atomic E-state index is 12.4. The van der Waals surface area contributed by atoms with Crippen molar-refractivity contribution in [3.63, 3.8) is 0 Å². The topological polar surface area (TPSA) is 88.2 Å². The number of benzene rings is 1. The number of nitrogens with one attached hydrogen (secondary N) is 2. The molecule has 1 aromatic heterocycles. The van der Waals surface area contributed by atoms with Crippen molar-refractivity contribution in [3.05, 3.63) is 59.9 Å². The van der Waals surface area contributed by atoms with Crippen LogP contribution in [0.15, 0.2) is 53.7 Å². The second kappa shape index (κ2) is 8.03. The summed E-state index contributed by atoms with van der Waals surface area (Å²) < 4.78 is 27.2. The fraction of sp³-hybridized carbons (Fsp3) is 0.294. The number of nitrogens with zero attached hydrogens (tertiary/aromatic N) is 1. The monoisotopic (exact) mass is 347 g/mol. The number of aromatic nitrogens is 1. The highest BCUT2D eigenvalue weighted by Gasteiger charge is 2.24. The normalized spacial score (nSPS) is 12.6. The molecule has 0 aliphatic heterocycles. The second-order valence-corrected chi connectivity index (χ2v) is 7.19. The highest BCUT2D eigenvalue weighted by atomic mass is 32.2. The summed E-state index contributed by atoms with van der Waals surface area (Å²) in [5.41, 5.74) is 1.82. The van der Waals surface area contributed by atoms with E-state index in [4.69, 9.17) is 0 Å². The molecule has 6 nitrogen and oxygen atoms in total. The van der Waals surface area contributed by atoms with Crippen LogP contribution in [0.4, 0.5) is 0 Å². The molecule has 0 spiro atoms. The van der Waals surface area contributed by atoms with Gasteiger partial charge in [0.05, 0.1) is 4.90 Å². The van der Waals surface area contributed by atoms with Crippen LogP contribution < -0.4 is 10.0 Å². The molecule has 2 N–H and O–H groups in total. The van der Waals surface area contributed by atoms with Crippen LogP contribution in [0.1, 0.15) is 24.5 Å². The van der Waals surface area contributed by atoms with Crippen LogP contribution >= 0.6 is 0 Å². The van der Waals surface area contributed by atoms with Gasteiger partial charge in [-0.1, -0.05) is 30.7 Å². The van der Waals surface area contributed by atoms with Gasteiger partial charge >= 0.3 is 0 Å². The van der Waals surface area contributed by atoms with E-state index in [0.717, 1.165) is 11.1 Å². The fourth-order valence-electron chi connectivity index (χ4n) is 2.11. The second-order valence-electron chi connectivity index (χ2n) is 5.47. The Balaban J connectivity index is 2.02. The molecule has 0 saturated carbocycles. The van der Waals surface area contributed by atoms with Crippen LogP contribution in [0.2, 0.25) is 0 Å². The predicted octanol–water partition coefficient (Wildman–Crippen LogP) is 1.76. The van der Waals surface area contributed by atoms with E-state index in [1.165, 1.54) is 12.1 Å². The van der Waals surface area contributed by atoms with E-state index < -0.39 is 16.1 Å². The third kappa shape index (κ3) is 4.87. The van der Waals surface area contributed by atoms with Gasteiger partial charge in [-0.25, -0.2) is 8.42 Å². The Morgan fingerprint density at radius 2 is 1.92 bits per heavy atom. The number of pyridine rings is 1. The van der Waals surface area contributed by atoms with E-state index in [-0.39, 0.29) is 10.8 Å². The molecule has 0 bridgehead atoms. The first-order chi connectivity index (χ1) is 11.4. The van der Waals surface area contributed by atoms with Crippen molar-refractivity contribution < 1.29 is 13.2 Å². The largest absolute Gasteiger partial charge is 0.351 e. The van der Waals surface area contributed by atoms with Crippen LogP contribution in [-0.2, 0) is 21.4 Å². The zero-order valence-electron chi connectivity index (χ0n) is 13.7. The molecular formula is C17H21N3O3S. The summed E-state index contributed by atoms with van der Waals surface area (Å²) in [6, 6.07) is 9.28. The predicted molar refractivity (Wildman–Crippen MR) is 91.7 cm³/mol. The summed E-state index contributed by atoms with van der Waals surface area (Å²) in [5.74, 6) is -0.364. The molecule has 1 heterocycles. The molecule has 0 saturated heterocycles. The molecule has 1 amide bonds. The van der Waals surface area contributed by atoms with Gasteiger partial charge in [-0.05, 0) is 37.1 Å². The minimum absolute atomic E-state index is 0.145. The molecule has 0 radical (unpaired) electrons. The lowest BCUT2D eigenvalue weighted by Crippen LogP contribution is -2.46. The first-order valence-electron chi connectivity index (χ1n) is 7.68. The molecule has 0 aliphatic carbocycles. The van der Waals surface area contributed by atoms with E-state index in [1.54, 1.807) is 37.5 Å². The molecule has 2 rings (SSSR count). The summed E-state index contributed by atoms with van der Waals surface area (Å²) >= 11 is 0. The van der Waals surface area contributed by atoms with Gasteiger partial charge in [0.2, 0.25) is 15.9 Å². The van der Waals surface area contributed by atoms with Gasteiger partial charge in [-0.15, -0.1) is 0 Å². The van der Waals surface area contributed by atoms with Crippen molar-refractivity contribution in [2.45, 2.75) is 37.8 Å². The molecule has 0 unspecified atom stereocenters. The molecule has 1 atom stereocenters. The van der Waals surface area contributed by atoms with Crippen LogP contribution in [0.5, 0.6) is 0 Å². The van der Waals surface area contributed by atoms with Crippen molar-refractivity contribution in [1.29, 1.82) is 0 Å². The zero-order chi connectivity index (χ0) is 17.6. The first-order valence-corrected chi connectivity index (χ1v) is 9.16. The van der Waals surface area contributed by atoms with Crippen molar-refractivity contribution in [1.82, 2.24) is 15.0 Å². The number of aryl methyl sites for hydroxylation is 1. The van der Waals surface area contributed by atoms with E-state index in [9.17, 15) is 13.2 Å². The van der Waals surface area contributed by atoms with Gasteiger partial charge < -0.3 is 5.32 Å². The van der Waals surface area contributed by atoms with E-state index in [2.05, 4.69) is 15.0 Å². The zero-order valence-corrected chi connectivity index (χ0v) is 14.5. The van der Waals surface area contributed by atoms with Gasteiger partial charge in [-0.2, -0.15) is 4.72 Å². The molecule has 2 aromatic rings. The maximum Gasteiger partial charge on any atom is 0.241 e. The Bertz CT molecular complexity index is 774. The third-order valence-electron chi connectivity index (χ3n) is 3.54. The average molecular weight is 347 g/mol. The molecule has 1 aromatic carbocycles. The lowest BCUT2D eigenvalue weighted by atomic mass is 10.2. The van der Waals surface area contributed by atoms with Gasteiger partial charge in [0.25, 0.3) is 0 Å². The van der Waals surface area contributed by atoms with Crippen molar-refractivity contribution in [3.8, 4) is 0 Å². The Morgan fingerprint density at radius 1 is 1.21 bits per heavy atom. The molecular weight excluding hydrogens is 326 g/mol. The standard InChI is InChI=1S/C17H21N3O3S/c1-3-16(17(21)19-12-14-5-4-10-18-11-14)20-24(22,23)15-8-6-13(2)7-9-15/h4-11,16,20H,3,12H2,1-2H3,(H,19,21)/t16-/m0/s1. The summed E-state index contributed by atoms with van der Waals surface area (Å²) in [4.78, 5) is 16.4. The lowest BCUT2D eigenvalue weighted by molar-refractivity contribution is -0.122. The molecule has 128 valence electrons. The van der Waals surface area contributed by atoms with Crippen molar-refractivity contribution >= 4 is 15.9 Å². The van der Waals surface area contributed by atoms with Crippen LogP contribution in [0.3, 0.4) is 0 Å². The molecule has 0 aliphatic rings. The number of sulfonamides is 1. The number of carbonyl (C=O) groups is 1. The summed E-state index contributed by atoms with van der Waals surface area (Å²) in [6.45, 7) is 3.94. The Hall–Kier alpha value is -2.25. The number of hydrogen-bond donors (Lipinski definition) is 2. The lowest BCUT2D eigenvalue weighted by Gasteiger charge is -2.17. The van der Waals surface area contributed by atoms with Gasteiger partial charge in [0.1, 0.15) is 6.04 Å². The van der Waals surface area contributed by atoms with Crippen molar-refractivity contribution in [2.24, 2.45) is 0 Å². The third-order valence-corrected chi connectivity index (χ3v) is 5.03. The highest BCUT2D eigenvalue weighted by Crippen LogP contribution is 2.11. The number of rotatable bonds is 7. The van der Waals surface area contributed by atoms with Crippen LogP contribution in [0.25, 0.3) is 0 Å². The Kier molecular flexibility index (Phi) is 6.05. The highest BCUT2D eigenvalue weighted by molar-refractivity contribution is 7.89. The number of amides is 1. The number of carbonyl (C=O) groups excluding carboxylic acids is 1. The Morgan fingerprint density at radius 3 is 2.50 bits per heavy atom. The van der Waals surface area contributed by atoms with Crippen molar-refractivity contribution in [2.75, 3.05) is 0 Å². The van der Waals surface area contributed by atoms with Crippen LogP contribution in [-0.4, -0.2) is 25.4 Å². The summed E-state index contributed by atoms with van der Waals surface area (Å²) in [5, 5.41) is 2.73. The van der Waals surface area contributed by atoms with E-state index in [1.807, 2.05) is 13.0 Å². The summed E-state index contributed by atoms with van der Waals surface area (Å²) in [7, 11) is -3.74. The van der Waals surface area contributed by atoms with E-state index in [0.29, 0.717) is 13.0 Å². The maximum atomic E-state index is 12.4. The minimum atomic E-state index is -3.74. The van der Waals surface area contributed by atoms with Crippen LogP contribution in [0, 0.1) is 6.92 Å². The SMILES string of the molecule is CC[C@H](NS(=O)(=O)c1ccc(C)cc1)C(=O)NCc1cccnc1. The average Bonchev–Trinajstić information content (AvgIpc) is 2.59. The summed E-state index contributed by atoms with van der Waals surface area (Å²) in [6.07, 6.45) is 3.65. The van der Waals surface area contributed by atoms with Gasteiger partial charge in [0, 0.05) is 18.9 Å². The number of hydrogen-bond acceptors (Lipinski definition) is 4. The first kappa shape index (κ1) is 18.1. The quantitative estimate of drug-likeness (QED) is 0.799. The fourth-order valence-corrected chi connectivity index (χ4v) is 3.39. The van der Waals surface area contributed by atoms with Gasteiger partial charge in [0.15, 0.2) is 0 Å². The van der Waals surface area contributed by atoms with Gasteiger partial charge in [-0.3, -0.25) is 9.78 Å². The molecule has 7 heteroatoms.